The smallest absolute Gasteiger partial charge is 0.134 e. The van der Waals surface area contributed by atoms with Crippen LogP contribution in [0.4, 0.5) is 8.78 Å². The zero-order valence-electron chi connectivity index (χ0n) is 10.9. The molecule has 0 spiro atoms. The Morgan fingerprint density at radius 3 is 2.65 bits per heavy atom. The molecule has 1 unspecified atom stereocenters. The first-order valence-corrected chi connectivity index (χ1v) is 6.26. The molecule has 0 aliphatic heterocycles. The second-order valence-electron chi connectivity index (χ2n) is 4.76. The summed E-state index contributed by atoms with van der Waals surface area (Å²) in [7, 11) is 0. The lowest BCUT2D eigenvalue weighted by atomic mass is 9.96. The molecule has 0 bridgehead atoms. The largest absolute Gasteiger partial charge is 0.464 e. The quantitative estimate of drug-likeness (QED) is 0.764. The van der Waals surface area contributed by atoms with Gasteiger partial charge in [0.1, 0.15) is 17.2 Å². The molecule has 0 saturated carbocycles. The van der Waals surface area contributed by atoms with Gasteiger partial charge in [0.15, 0.2) is 0 Å². The van der Waals surface area contributed by atoms with Crippen LogP contribution in [0.3, 0.4) is 0 Å². The summed E-state index contributed by atoms with van der Waals surface area (Å²) in [6.45, 7) is 1.58. The summed E-state index contributed by atoms with van der Waals surface area (Å²) < 4.78 is 33.5. The minimum Gasteiger partial charge on any atom is -0.464 e. The highest BCUT2D eigenvalue weighted by atomic mass is 19.1. The molecule has 3 aromatic rings. The number of furan rings is 1. The van der Waals surface area contributed by atoms with Crippen molar-refractivity contribution in [2.45, 2.75) is 13.0 Å². The normalized spacial score (nSPS) is 12.8. The number of rotatable bonds is 2. The SMILES string of the molecule is Cc1ccc(F)c(C(N)c2coc3ccccc23)c1F. The fourth-order valence-electron chi connectivity index (χ4n) is 2.36. The van der Waals surface area contributed by atoms with Crippen LogP contribution in [0, 0.1) is 18.6 Å². The van der Waals surface area contributed by atoms with Gasteiger partial charge in [0.2, 0.25) is 0 Å². The van der Waals surface area contributed by atoms with Gasteiger partial charge in [-0.15, -0.1) is 0 Å². The van der Waals surface area contributed by atoms with Crippen molar-refractivity contribution in [3.63, 3.8) is 0 Å². The van der Waals surface area contributed by atoms with E-state index in [1.165, 1.54) is 18.4 Å². The van der Waals surface area contributed by atoms with E-state index < -0.39 is 17.7 Å². The van der Waals surface area contributed by atoms with E-state index in [1.54, 1.807) is 13.0 Å². The summed E-state index contributed by atoms with van der Waals surface area (Å²) in [5, 5.41) is 0.764. The topological polar surface area (TPSA) is 39.2 Å². The van der Waals surface area contributed by atoms with Crippen molar-refractivity contribution in [2.75, 3.05) is 0 Å². The highest BCUT2D eigenvalue weighted by molar-refractivity contribution is 5.81. The molecule has 1 atom stereocenters. The van der Waals surface area contributed by atoms with Gasteiger partial charge in [0.05, 0.1) is 12.3 Å². The van der Waals surface area contributed by atoms with E-state index in [1.807, 2.05) is 18.2 Å². The monoisotopic (exact) mass is 273 g/mol. The number of hydrogen-bond acceptors (Lipinski definition) is 2. The van der Waals surface area contributed by atoms with Gasteiger partial charge in [-0.3, -0.25) is 0 Å². The number of nitrogens with two attached hydrogens (primary N) is 1. The first-order chi connectivity index (χ1) is 9.59. The number of benzene rings is 2. The Balaban J connectivity index is 2.18. The van der Waals surface area contributed by atoms with Gasteiger partial charge in [-0.05, 0) is 24.6 Å². The molecule has 2 N–H and O–H groups in total. The maximum absolute atomic E-state index is 14.2. The van der Waals surface area contributed by atoms with Gasteiger partial charge < -0.3 is 10.2 Å². The van der Waals surface area contributed by atoms with Gasteiger partial charge in [-0.1, -0.05) is 24.3 Å². The summed E-state index contributed by atoms with van der Waals surface area (Å²) in [5.74, 6) is -1.26. The standard InChI is InChI=1S/C16H13F2NO/c1-9-6-7-12(17)14(15(9)18)16(19)11-8-20-13-5-3-2-4-10(11)13/h2-8,16H,19H2,1H3. The maximum atomic E-state index is 14.2. The molecule has 0 saturated heterocycles. The average Bonchev–Trinajstić information content (AvgIpc) is 2.87. The zero-order chi connectivity index (χ0) is 14.3. The van der Waals surface area contributed by atoms with Crippen LogP contribution in [0.15, 0.2) is 47.1 Å². The van der Waals surface area contributed by atoms with Crippen LogP contribution in [-0.2, 0) is 0 Å². The van der Waals surface area contributed by atoms with Crippen LogP contribution in [0.5, 0.6) is 0 Å². The van der Waals surface area contributed by atoms with Crippen molar-refractivity contribution < 1.29 is 13.2 Å². The number of aryl methyl sites for hydroxylation is 1. The minimum absolute atomic E-state index is 0.128. The molecule has 20 heavy (non-hydrogen) atoms. The van der Waals surface area contributed by atoms with E-state index in [0.29, 0.717) is 16.7 Å². The molecule has 2 aromatic carbocycles. The number of para-hydroxylation sites is 1. The lowest BCUT2D eigenvalue weighted by molar-refractivity contribution is 0.535. The predicted molar refractivity (Wildman–Crippen MR) is 73.3 cm³/mol. The van der Waals surface area contributed by atoms with Crippen LogP contribution in [-0.4, -0.2) is 0 Å². The molecular formula is C16H13F2NO. The molecule has 0 aliphatic rings. The number of halogens is 2. The van der Waals surface area contributed by atoms with E-state index in [0.717, 1.165) is 5.39 Å². The van der Waals surface area contributed by atoms with E-state index in [9.17, 15) is 8.78 Å². The molecule has 0 radical (unpaired) electrons. The first-order valence-electron chi connectivity index (χ1n) is 6.26. The predicted octanol–water partition coefficient (Wildman–Crippen LogP) is 4.07. The third-order valence-electron chi connectivity index (χ3n) is 3.48. The Labute approximate surface area is 114 Å². The Morgan fingerprint density at radius 2 is 1.85 bits per heavy atom. The van der Waals surface area contributed by atoms with Crippen molar-refractivity contribution >= 4 is 11.0 Å². The molecule has 1 heterocycles. The second-order valence-corrected chi connectivity index (χ2v) is 4.76. The van der Waals surface area contributed by atoms with Crippen LogP contribution in [0.25, 0.3) is 11.0 Å². The van der Waals surface area contributed by atoms with Crippen molar-refractivity contribution in [3.05, 3.63) is 71.0 Å². The third-order valence-corrected chi connectivity index (χ3v) is 3.48. The van der Waals surface area contributed by atoms with Gasteiger partial charge >= 0.3 is 0 Å². The molecule has 2 nitrogen and oxygen atoms in total. The first kappa shape index (κ1) is 12.8. The molecule has 4 heteroatoms. The number of fused-ring (bicyclic) bond motifs is 1. The van der Waals surface area contributed by atoms with Crippen molar-refractivity contribution in [3.8, 4) is 0 Å². The van der Waals surface area contributed by atoms with Crippen molar-refractivity contribution in [2.24, 2.45) is 5.73 Å². The Kier molecular flexibility index (Phi) is 3.03. The third kappa shape index (κ3) is 1.89. The van der Waals surface area contributed by atoms with E-state index >= 15 is 0 Å². The molecular weight excluding hydrogens is 260 g/mol. The highest BCUT2D eigenvalue weighted by Crippen LogP contribution is 2.32. The van der Waals surface area contributed by atoms with Gasteiger partial charge in [0.25, 0.3) is 0 Å². The summed E-state index contributed by atoms with van der Waals surface area (Å²) in [5.41, 5.74) is 7.51. The molecule has 3 rings (SSSR count). The fraction of sp³-hybridized carbons (Fsp3) is 0.125. The summed E-state index contributed by atoms with van der Waals surface area (Å²) in [4.78, 5) is 0. The highest BCUT2D eigenvalue weighted by Gasteiger charge is 2.22. The summed E-state index contributed by atoms with van der Waals surface area (Å²) in [6, 6.07) is 8.99. The fourth-order valence-corrected chi connectivity index (χ4v) is 2.36. The minimum atomic E-state index is -0.904. The summed E-state index contributed by atoms with van der Waals surface area (Å²) in [6.07, 6.45) is 1.45. The van der Waals surface area contributed by atoms with E-state index in [-0.39, 0.29) is 5.56 Å². The van der Waals surface area contributed by atoms with Crippen LogP contribution in [0.1, 0.15) is 22.7 Å². The van der Waals surface area contributed by atoms with Crippen molar-refractivity contribution in [1.29, 1.82) is 0 Å². The Morgan fingerprint density at radius 1 is 1.10 bits per heavy atom. The van der Waals surface area contributed by atoms with Crippen LogP contribution in [0.2, 0.25) is 0 Å². The maximum Gasteiger partial charge on any atom is 0.134 e. The summed E-state index contributed by atoms with van der Waals surface area (Å²) >= 11 is 0. The molecule has 1 aromatic heterocycles. The lowest BCUT2D eigenvalue weighted by Crippen LogP contribution is -2.16. The molecule has 0 fully saturated rings. The molecule has 0 amide bonds. The van der Waals surface area contributed by atoms with Crippen LogP contribution >= 0.6 is 0 Å². The van der Waals surface area contributed by atoms with Gasteiger partial charge in [0, 0.05) is 16.5 Å². The Bertz CT molecular complexity index is 779. The molecule has 0 aliphatic carbocycles. The van der Waals surface area contributed by atoms with Crippen LogP contribution < -0.4 is 5.73 Å². The van der Waals surface area contributed by atoms with Gasteiger partial charge in [-0.25, -0.2) is 8.78 Å². The van der Waals surface area contributed by atoms with E-state index in [2.05, 4.69) is 0 Å². The zero-order valence-corrected chi connectivity index (χ0v) is 10.9. The van der Waals surface area contributed by atoms with Crippen molar-refractivity contribution in [1.82, 2.24) is 0 Å². The average molecular weight is 273 g/mol. The second kappa shape index (κ2) is 4.72. The Hall–Kier alpha value is -2.20. The van der Waals surface area contributed by atoms with E-state index in [4.69, 9.17) is 10.2 Å². The number of hydrogen-bond donors (Lipinski definition) is 1. The lowest BCUT2D eigenvalue weighted by Gasteiger charge is -2.14. The van der Waals surface area contributed by atoms with Gasteiger partial charge in [-0.2, -0.15) is 0 Å². The molecule has 102 valence electrons.